The van der Waals surface area contributed by atoms with Crippen LogP contribution in [0.3, 0.4) is 0 Å². The first-order valence-electron chi connectivity index (χ1n) is 10.0. The van der Waals surface area contributed by atoms with Crippen molar-refractivity contribution in [2.75, 3.05) is 4.90 Å². The Morgan fingerprint density at radius 1 is 0.938 bits per heavy atom. The average molecular weight is 445 g/mol. The quantitative estimate of drug-likeness (QED) is 0.338. The van der Waals surface area contributed by atoms with E-state index in [0.717, 1.165) is 33.7 Å². The molecule has 0 radical (unpaired) electrons. The van der Waals surface area contributed by atoms with Crippen LogP contribution in [-0.4, -0.2) is 15.9 Å². The summed E-state index contributed by atoms with van der Waals surface area (Å²) in [6.45, 7) is 0.178. The number of hydrogen-bond acceptors (Lipinski definition) is 4. The third kappa shape index (κ3) is 4.07. The smallest absolute Gasteiger partial charge is 0.233 e. The van der Waals surface area contributed by atoms with Crippen molar-refractivity contribution in [2.45, 2.75) is 13.0 Å². The van der Waals surface area contributed by atoms with Gasteiger partial charge in [-0.2, -0.15) is 0 Å². The van der Waals surface area contributed by atoms with Gasteiger partial charge in [-0.25, -0.2) is 13.8 Å². The molecule has 0 saturated carbocycles. The Morgan fingerprint density at radius 2 is 1.75 bits per heavy atom. The van der Waals surface area contributed by atoms with E-state index in [-0.39, 0.29) is 24.4 Å². The second-order valence-electron chi connectivity index (χ2n) is 7.39. The molecule has 0 saturated heterocycles. The van der Waals surface area contributed by atoms with Gasteiger partial charge in [0.05, 0.1) is 23.4 Å². The van der Waals surface area contributed by atoms with Crippen LogP contribution in [0.25, 0.3) is 21.0 Å². The van der Waals surface area contributed by atoms with E-state index in [4.69, 9.17) is 0 Å². The molecule has 4 nitrogen and oxygen atoms in total. The van der Waals surface area contributed by atoms with Crippen LogP contribution < -0.4 is 4.90 Å². The van der Waals surface area contributed by atoms with Crippen molar-refractivity contribution in [1.82, 2.24) is 9.97 Å². The van der Waals surface area contributed by atoms with Crippen LogP contribution in [-0.2, 0) is 17.8 Å². The lowest BCUT2D eigenvalue weighted by Gasteiger charge is -2.19. The monoisotopic (exact) mass is 445 g/mol. The summed E-state index contributed by atoms with van der Waals surface area (Å²) in [5.41, 5.74) is 1.58. The Kier molecular flexibility index (Phi) is 5.33. The Bertz CT molecular complexity index is 1440. The van der Waals surface area contributed by atoms with E-state index in [1.807, 2.05) is 54.6 Å². The Labute approximate surface area is 186 Å². The van der Waals surface area contributed by atoms with Crippen LogP contribution in [0.1, 0.15) is 11.3 Å². The van der Waals surface area contributed by atoms with Crippen LogP contribution >= 0.6 is 11.3 Å². The Morgan fingerprint density at radius 3 is 2.56 bits per heavy atom. The first kappa shape index (κ1) is 20.2. The molecule has 2 aromatic heterocycles. The molecule has 32 heavy (non-hydrogen) atoms. The molecule has 0 aliphatic carbocycles. The highest BCUT2D eigenvalue weighted by Gasteiger charge is 2.22. The molecular formula is C25H17F2N3OS. The topological polar surface area (TPSA) is 46.1 Å². The number of benzene rings is 3. The van der Waals surface area contributed by atoms with Gasteiger partial charge in [0.1, 0.15) is 11.3 Å². The van der Waals surface area contributed by atoms with E-state index in [1.54, 1.807) is 12.3 Å². The lowest BCUT2D eigenvalue weighted by molar-refractivity contribution is -0.118. The molecule has 0 bridgehead atoms. The standard InChI is InChI=1S/C25H17F2N3OS/c26-19-13-21(27)24-22(14-19)32-25(29-24)30(15-20-7-3-4-10-28-20)23(31)12-16-8-9-17-5-1-2-6-18(17)11-16/h1-11,13-14H,12,15H2. The number of pyridine rings is 1. The predicted octanol–water partition coefficient (Wildman–Crippen LogP) is 5.90. The molecule has 0 spiro atoms. The van der Waals surface area contributed by atoms with Crippen LogP contribution in [0.2, 0.25) is 0 Å². The highest BCUT2D eigenvalue weighted by Crippen LogP contribution is 2.32. The van der Waals surface area contributed by atoms with Gasteiger partial charge < -0.3 is 0 Å². The van der Waals surface area contributed by atoms with Crippen molar-refractivity contribution < 1.29 is 13.6 Å². The Balaban J connectivity index is 1.51. The maximum absolute atomic E-state index is 14.2. The number of rotatable bonds is 5. The first-order valence-corrected chi connectivity index (χ1v) is 10.8. The van der Waals surface area contributed by atoms with Crippen molar-refractivity contribution in [1.29, 1.82) is 0 Å². The first-order chi connectivity index (χ1) is 15.6. The molecule has 5 rings (SSSR count). The van der Waals surface area contributed by atoms with E-state index in [2.05, 4.69) is 9.97 Å². The number of amides is 1. The summed E-state index contributed by atoms with van der Waals surface area (Å²) in [4.78, 5) is 23.5. The normalized spacial score (nSPS) is 11.2. The number of halogens is 2. The molecule has 2 heterocycles. The van der Waals surface area contributed by atoms with Gasteiger partial charge in [-0.1, -0.05) is 59.9 Å². The molecule has 1 amide bonds. The summed E-state index contributed by atoms with van der Waals surface area (Å²) in [5.74, 6) is -1.63. The molecule has 0 fully saturated rings. The fourth-order valence-electron chi connectivity index (χ4n) is 3.60. The summed E-state index contributed by atoms with van der Waals surface area (Å²) in [5, 5.41) is 2.45. The molecular weight excluding hydrogens is 428 g/mol. The summed E-state index contributed by atoms with van der Waals surface area (Å²) >= 11 is 1.08. The summed E-state index contributed by atoms with van der Waals surface area (Å²) in [6, 6.07) is 21.3. The molecule has 0 N–H and O–H groups in total. The highest BCUT2D eigenvalue weighted by molar-refractivity contribution is 7.22. The van der Waals surface area contributed by atoms with E-state index in [9.17, 15) is 13.6 Å². The summed E-state index contributed by atoms with van der Waals surface area (Å²) in [7, 11) is 0. The van der Waals surface area contributed by atoms with E-state index < -0.39 is 11.6 Å². The van der Waals surface area contributed by atoms with Gasteiger partial charge >= 0.3 is 0 Å². The van der Waals surface area contributed by atoms with E-state index >= 15 is 0 Å². The van der Waals surface area contributed by atoms with E-state index in [1.165, 1.54) is 11.0 Å². The number of thiazole rings is 1. The predicted molar refractivity (Wildman–Crippen MR) is 123 cm³/mol. The van der Waals surface area contributed by atoms with Gasteiger partial charge in [0.15, 0.2) is 10.9 Å². The summed E-state index contributed by atoms with van der Waals surface area (Å²) in [6.07, 6.45) is 1.79. The van der Waals surface area contributed by atoms with Gasteiger partial charge in [0.25, 0.3) is 0 Å². The average Bonchev–Trinajstić information content (AvgIpc) is 3.22. The fraction of sp³-hybridized carbons (Fsp3) is 0.0800. The zero-order valence-corrected chi connectivity index (χ0v) is 17.7. The zero-order valence-electron chi connectivity index (χ0n) is 16.8. The minimum absolute atomic E-state index is 0.0518. The molecule has 5 aromatic rings. The fourth-order valence-corrected chi connectivity index (χ4v) is 4.62. The maximum Gasteiger partial charge on any atom is 0.233 e. The maximum atomic E-state index is 14.2. The molecule has 0 atom stereocenters. The van der Waals surface area contributed by atoms with E-state index in [0.29, 0.717) is 15.5 Å². The third-order valence-electron chi connectivity index (χ3n) is 5.15. The number of carbonyl (C=O) groups is 1. The van der Waals surface area contributed by atoms with Gasteiger partial charge in [-0.15, -0.1) is 0 Å². The number of nitrogens with zero attached hydrogens (tertiary/aromatic N) is 3. The summed E-state index contributed by atoms with van der Waals surface area (Å²) < 4.78 is 28.3. The molecule has 7 heteroatoms. The van der Waals surface area contributed by atoms with Crippen molar-refractivity contribution >= 4 is 43.4 Å². The zero-order chi connectivity index (χ0) is 22.1. The molecule has 0 aliphatic rings. The van der Waals surface area contributed by atoms with Crippen LogP contribution in [0.5, 0.6) is 0 Å². The lowest BCUT2D eigenvalue weighted by Crippen LogP contribution is -2.32. The number of aromatic nitrogens is 2. The molecule has 0 unspecified atom stereocenters. The minimum Gasteiger partial charge on any atom is -0.282 e. The van der Waals surface area contributed by atoms with Gasteiger partial charge in [0, 0.05) is 12.3 Å². The SMILES string of the molecule is O=C(Cc1ccc2ccccc2c1)N(Cc1ccccn1)c1nc2c(F)cc(F)cc2s1. The van der Waals surface area contributed by atoms with Crippen molar-refractivity contribution in [2.24, 2.45) is 0 Å². The van der Waals surface area contributed by atoms with Crippen LogP contribution in [0.15, 0.2) is 79.0 Å². The van der Waals surface area contributed by atoms with Gasteiger partial charge in [-0.05, 0) is 34.5 Å². The third-order valence-corrected chi connectivity index (χ3v) is 6.17. The van der Waals surface area contributed by atoms with Crippen LogP contribution in [0.4, 0.5) is 13.9 Å². The Hall–Kier alpha value is -3.71. The number of anilines is 1. The largest absolute Gasteiger partial charge is 0.282 e. The molecule has 3 aromatic carbocycles. The molecule has 158 valence electrons. The van der Waals surface area contributed by atoms with Crippen molar-refractivity contribution in [3.05, 3.63) is 102 Å². The van der Waals surface area contributed by atoms with Crippen molar-refractivity contribution in [3.8, 4) is 0 Å². The van der Waals surface area contributed by atoms with Crippen molar-refractivity contribution in [3.63, 3.8) is 0 Å². The molecule has 0 aliphatic heterocycles. The second kappa shape index (κ2) is 8.43. The highest BCUT2D eigenvalue weighted by atomic mass is 32.1. The van der Waals surface area contributed by atoms with Gasteiger partial charge in [0.2, 0.25) is 5.91 Å². The number of carbonyl (C=O) groups excluding carboxylic acids is 1. The van der Waals surface area contributed by atoms with Gasteiger partial charge in [-0.3, -0.25) is 14.7 Å². The second-order valence-corrected chi connectivity index (χ2v) is 8.40. The minimum atomic E-state index is -0.748. The number of hydrogen-bond donors (Lipinski definition) is 0. The van der Waals surface area contributed by atoms with Crippen LogP contribution in [0, 0.1) is 11.6 Å². The number of fused-ring (bicyclic) bond motifs is 2. The lowest BCUT2D eigenvalue weighted by atomic mass is 10.0.